The van der Waals surface area contributed by atoms with Gasteiger partial charge in [-0.3, -0.25) is 4.90 Å². The number of likely N-dealkylation sites (tertiary alicyclic amines) is 1. The van der Waals surface area contributed by atoms with E-state index in [1.807, 2.05) is 0 Å². The van der Waals surface area contributed by atoms with Crippen molar-refractivity contribution in [2.24, 2.45) is 5.92 Å². The second-order valence-electron chi connectivity index (χ2n) is 3.74. The largest absolute Gasteiger partial charge is 0.366 e. The van der Waals surface area contributed by atoms with Gasteiger partial charge in [0.05, 0.1) is 0 Å². The van der Waals surface area contributed by atoms with Crippen molar-refractivity contribution in [1.82, 2.24) is 4.90 Å². The molecule has 2 heteroatoms. The number of nitrogens with zero attached hydrogens (tertiary/aromatic N) is 1. The van der Waals surface area contributed by atoms with E-state index in [1.165, 1.54) is 12.8 Å². The molecule has 1 aliphatic heterocycles. The first-order valence-corrected chi connectivity index (χ1v) is 4.41. The lowest BCUT2D eigenvalue weighted by Crippen LogP contribution is -2.36. The molecule has 0 aromatic heterocycles. The Labute approximate surface area is 69.5 Å². The van der Waals surface area contributed by atoms with E-state index in [-0.39, 0.29) is 0 Å². The molecule has 1 rings (SSSR count). The molecule has 66 valence electrons. The minimum Gasteiger partial charge on any atom is -0.366 e. The molecule has 1 aliphatic rings. The first-order chi connectivity index (χ1) is 5.16. The van der Waals surface area contributed by atoms with Gasteiger partial charge in [0.2, 0.25) is 0 Å². The van der Waals surface area contributed by atoms with Gasteiger partial charge in [0.15, 0.2) is 0 Å². The smallest absolute Gasteiger partial charge is 0.110 e. The molecular formula is C9H19NO. The van der Waals surface area contributed by atoms with Crippen LogP contribution in [0.3, 0.4) is 0 Å². The molecule has 2 atom stereocenters. The molecule has 2 nitrogen and oxygen atoms in total. The molecule has 1 saturated heterocycles. The van der Waals surface area contributed by atoms with Crippen LogP contribution in [0.2, 0.25) is 0 Å². The SMILES string of the molecule is COC1CCC(C(C)C)N1C. The van der Waals surface area contributed by atoms with E-state index < -0.39 is 0 Å². The maximum Gasteiger partial charge on any atom is 0.110 e. The third-order valence-electron chi connectivity index (χ3n) is 2.73. The molecule has 0 aromatic rings. The lowest BCUT2D eigenvalue weighted by molar-refractivity contribution is -0.0102. The fourth-order valence-electron chi connectivity index (χ4n) is 2.02. The monoisotopic (exact) mass is 157 g/mol. The van der Waals surface area contributed by atoms with Crippen LogP contribution in [-0.4, -0.2) is 31.3 Å². The first-order valence-electron chi connectivity index (χ1n) is 4.41. The van der Waals surface area contributed by atoms with E-state index in [1.54, 1.807) is 7.11 Å². The average Bonchev–Trinajstić information content (AvgIpc) is 2.30. The van der Waals surface area contributed by atoms with Crippen molar-refractivity contribution in [2.45, 2.75) is 39.0 Å². The minimum absolute atomic E-state index is 0.363. The van der Waals surface area contributed by atoms with Crippen LogP contribution in [0.4, 0.5) is 0 Å². The second-order valence-corrected chi connectivity index (χ2v) is 3.74. The minimum atomic E-state index is 0.363. The Morgan fingerprint density at radius 3 is 2.27 bits per heavy atom. The quantitative estimate of drug-likeness (QED) is 0.605. The predicted molar refractivity (Wildman–Crippen MR) is 46.4 cm³/mol. The summed E-state index contributed by atoms with van der Waals surface area (Å²) in [6.45, 7) is 4.55. The van der Waals surface area contributed by atoms with Gasteiger partial charge in [-0.15, -0.1) is 0 Å². The molecular weight excluding hydrogens is 138 g/mol. The summed E-state index contributed by atoms with van der Waals surface area (Å²) in [5.41, 5.74) is 0. The molecule has 0 spiro atoms. The molecule has 0 bridgehead atoms. The van der Waals surface area contributed by atoms with Gasteiger partial charge >= 0.3 is 0 Å². The molecule has 1 fully saturated rings. The molecule has 1 heterocycles. The van der Waals surface area contributed by atoms with Crippen molar-refractivity contribution in [3.8, 4) is 0 Å². The van der Waals surface area contributed by atoms with Crippen molar-refractivity contribution < 1.29 is 4.74 Å². The Morgan fingerprint density at radius 2 is 2.00 bits per heavy atom. The number of hydrogen-bond acceptors (Lipinski definition) is 2. The Bertz CT molecular complexity index is 125. The van der Waals surface area contributed by atoms with E-state index in [9.17, 15) is 0 Å². The lowest BCUT2D eigenvalue weighted by Gasteiger charge is -2.27. The normalized spacial score (nSPS) is 33.5. The van der Waals surface area contributed by atoms with Gasteiger partial charge in [0.1, 0.15) is 6.23 Å². The zero-order chi connectivity index (χ0) is 8.43. The van der Waals surface area contributed by atoms with Crippen LogP contribution in [0.5, 0.6) is 0 Å². The summed E-state index contributed by atoms with van der Waals surface area (Å²) in [7, 11) is 3.95. The van der Waals surface area contributed by atoms with Crippen molar-refractivity contribution in [3.05, 3.63) is 0 Å². The predicted octanol–water partition coefficient (Wildman–Crippen LogP) is 1.71. The third kappa shape index (κ3) is 1.74. The summed E-state index contributed by atoms with van der Waals surface area (Å²) in [6, 6.07) is 0.722. The number of rotatable bonds is 2. The van der Waals surface area contributed by atoms with Gasteiger partial charge in [-0.25, -0.2) is 0 Å². The molecule has 0 saturated carbocycles. The zero-order valence-electron chi connectivity index (χ0n) is 8.00. The van der Waals surface area contributed by atoms with E-state index in [2.05, 4.69) is 25.8 Å². The fourth-order valence-corrected chi connectivity index (χ4v) is 2.02. The summed E-state index contributed by atoms with van der Waals surface area (Å²) in [5.74, 6) is 0.750. The van der Waals surface area contributed by atoms with Gasteiger partial charge in [-0.05, 0) is 25.8 Å². The van der Waals surface area contributed by atoms with E-state index in [0.717, 1.165) is 12.0 Å². The van der Waals surface area contributed by atoms with Crippen molar-refractivity contribution >= 4 is 0 Å². The number of ether oxygens (including phenoxy) is 1. The maximum absolute atomic E-state index is 5.33. The summed E-state index contributed by atoms with van der Waals surface area (Å²) < 4.78 is 5.33. The molecule has 0 N–H and O–H groups in total. The molecule has 0 aliphatic carbocycles. The number of methoxy groups -OCH3 is 1. The van der Waals surface area contributed by atoms with Gasteiger partial charge < -0.3 is 4.74 Å². The van der Waals surface area contributed by atoms with Gasteiger partial charge in [-0.2, -0.15) is 0 Å². The highest BCUT2D eigenvalue weighted by Crippen LogP contribution is 2.27. The first kappa shape index (κ1) is 9.01. The van der Waals surface area contributed by atoms with Crippen LogP contribution in [-0.2, 0) is 4.74 Å². The molecule has 0 radical (unpaired) electrons. The highest BCUT2D eigenvalue weighted by atomic mass is 16.5. The van der Waals surface area contributed by atoms with Crippen LogP contribution < -0.4 is 0 Å². The van der Waals surface area contributed by atoms with Crippen LogP contribution in [0.15, 0.2) is 0 Å². The fraction of sp³-hybridized carbons (Fsp3) is 1.00. The van der Waals surface area contributed by atoms with Crippen LogP contribution in [0.25, 0.3) is 0 Å². The molecule has 0 amide bonds. The van der Waals surface area contributed by atoms with E-state index in [0.29, 0.717) is 6.23 Å². The summed E-state index contributed by atoms with van der Waals surface area (Å²) in [5, 5.41) is 0. The molecule has 2 unspecified atom stereocenters. The topological polar surface area (TPSA) is 12.5 Å². The lowest BCUT2D eigenvalue weighted by atomic mass is 10.0. The van der Waals surface area contributed by atoms with Gasteiger partial charge in [-0.1, -0.05) is 13.8 Å². The van der Waals surface area contributed by atoms with E-state index in [4.69, 9.17) is 4.74 Å². The summed E-state index contributed by atoms with van der Waals surface area (Å²) >= 11 is 0. The maximum atomic E-state index is 5.33. The van der Waals surface area contributed by atoms with Gasteiger partial charge in [0.25, 0.3) is 0 Å². The summed E-state index contributed by atoms with van der Waals surface area (Å²) in [4.78, 5) is 2.35. The van der Waals surface area contributed by atoms with Crippen LogP contribution >= 0.6 is 0 Å². The van der Waals surface area contributed by atoms with Crippen molar-refractivity contribution in [3.63, 3.8) is 0 Å². The molecule has 11 heavy (non-hydrogen) atoms. The Kier molecular flexibility index (Phi) is 2.90. The second kappa shape index (κ2) is 3.55. The average molecular weight is 157 g/mol. The Morgan fingerprint density at radius 1 is 1.36 bits per heavy atom. The van der Waals surface area contributed by atoms with Crippen molar-refractivity contribution in [2.75, 3.05) is 14.2 Å². The standard InChI is InChI=1S/C9H19NO/c1-7(2)8-5-6-9(11-4)10(8)3/h7-9H,5-6H2,1-4H3. The van der Waals surface area contributed by atoms with Crippen LogP contribution in [0.1, 0.15) is 26.7 Å². The Balaban J connectivity index is 2.48. The summed E-state index contributed by atoms with van der Waals surface area (Å²) in [6.07, 6.45) is 2.84. The van der Waals surface area contributed by atoms with E-state index >= 15 is 0 Å². The number of hydrogen-bond donors (Lipinski definition) is 0. The van der Waals surface area contributed by atoms with Gasteiger partial charge in [0, 0.05) is 13.2 Å². The van der Waals surface area contributed by atoms with Crippen molar-refractivity contribution in [1.29, 1.82) is 0 Å². The highest BCUT2D eigenvalue weighted by molar-refractivity contribution is 4.82. The van der Waals surface area contributed by atoms with Crippen LogP contribution in [0, 0.1) is 5.92 Å². The Hall–Kier alpha value is -0.0800. The highest BCUT2D eigenvalue weighted by Gasteiger charge is 2.31. The third-order valence-corrected chi connectivity index (χ3v) is 2.73. The molecule has 0 aromatic carbocycles. The zero-order valence-corrected chi connectivity index (χ0v) is 8.00.